The van der Waals surface area contributed by atoms with Crippen LogP contribution in [0.2, 0.25) is 0 Å². The van der Waals surface area contributed by atoms with Gasteiger partial charge in [-0.3, -0.25) is 0 Å². The fourth-order valence-corrected chi connectivity index (χ4v) is 2.98. The molecule has 7 heteroatoms. The smallest absolute Gasteiger partial charge is 0.231 e. The minimum atomic E-state index is 0.496. The molecule has 140 valence electrons. The van der Waals surface area contributed by atoms with Crippen LogP contribution in [0.1, 0.15) is 11.1 Å². The Morgan fingerprint density at radius 3 is 2.82 bits per heavy atom. The molecule has 4 N–H and O–H groups in total. The number of hydrogen-bond donors (Lipinski definition) is 3. The van der Waals surface area contributed by atoms with Crippen LogP contribution in [-0.4, -0.2) is 23.3 Å². The zero-order valence-corrected chi connectivity index (χ0v) is 15.5. The maximum absolute atomic E-state index is 7.50. The number of ether oxygens (including phenoxy) is 1. The summed E-state index contributed by atoms with van der Waals surface area (Å²) in [6.07, 6.45) is 2.88. The summed E-state index contributed by atoms with van der Waals surface area (Å²) in [5.74, 6) is 1.86. The van der Waals surface area contributed by atoms with E-state index >= 15 is 0 Å². The van der Waals surface area contributed by atoms with E-state index in [1.165, 1.54) is 6.21 Å². The summed E-state index contributed by atoms with van der Waals surface area (Å²) >= 11 is 0. The van der Waals surface area contributed by atoms with Crippen molar-refractivity contribution < 1.29 is 9.15 Å². The van der Waals surface area contributed by atoms with Gasteiger partial charge in [-0.1, -0.05) is 12.1 Å². The quantitative estimate of drug-likeness (QED) is 0.350. The summed E-state index contributed by atoms with van der Waals surface area (Å²) in [5, 5.41) is 11.6. The van der Waals surface area contributed by atoms with Crippen LogP contribution < -0.4 is 15.8 Å². The van der Waals surface area contributed by atoms with Gasteiger partial charge in [0, 0.05) is 34.3 Å². The van der Waals surface area contributed by atoms with Crippen molar-refractivity contribution in [1.29, 1.82) is 5.41 Å². The average molecular weight is 373 g/mol. The third-order valence-electron chi connectivity index (χ3n) is 4.45. The fraction of sp³-hybridized carbons (Fsp3) is 0.0952. The molecule has 4 aromatic rings. The van der Waals surface area contributed by atoms with Gasteiger partial charge in [-0.2, -0.15) is 4.98 Å². The third kappa shape index (κ3) is 3.14. The number of aryl methyl sites for hydroxylation is 1. The molecule has 0 fully saturated rings. The first-order valence-corrected chi connectivity index (χ1v) is 8.66. The van der Waals surface area contributed by atoms with Crippen LogP contribution in [0.15, 0.2) is 53.1 Å². The van der Waals surface area contributed by atoms with Crippen molar-refractivity contribution in [3.63, 3.8) is 0 Å². The van der Waals surface area contributed by atoms with Crippen LogP contribution in [0.4, 0.5) is 17.2 Å². The van der Waals surface area contributed by atoms with Gasteiger partial charge in [0.2, 0.25) is 5.71 Å². The second-order valence-corrected chi connectivity index (χ2v) is 6.34. The lowest BCUT2D eigenvalue weighted by molar-refractivity contribution is 0.415. The summed E-state index contributed by atoms with van der Waals surface area (Å²) in [6.45, 7) is 1.94. The van der Waals surface area contributed by atoms with Gasteiger partial charge in [-0.15, -0.1) is 0 Å². The molecule has 0 bridgehead atoms. The van der Waals surface area contributed by atoms with Crippen LogP contribution in [0.25, 0.3) is 22.5 Å². The first kappa shape index (κ1) is 17.5. The van der Waals surface area contributed by atoms with Crippen molar-refractivity contribution in [2.24, 2.45) is 0 Å². The van der Waals surface area contributed by atoms with Crippen molar-refractivity contribution in [3.05, 3.63) is 59.9 Å². The largest absolute Gasteiger partial charge is 0.497 e. The van der Waals surface area contributed by atoms with Gasteiger partial charge < -0.3 is 25.6 Å². The number of benzene rings is 2. The molecule has 0 saturated carbocycles. The molecule has 0 spiro atoms. The Balaban J connectivity index is 1.84. The van der Waals surface area contributed by atoms with E-state index in [9.17, 15) is 0 Å². The Hall–Kier alpha value is -3.87. The van der Waals surface area contributed by atoms with Gasteiger partial charge in [0.05, 0.1) is 18.8 Å². The second-order valence-electron chi connectivity index (χ2n) is 6.34. The summed E-state index contributed by atoms with van der Waals surface area (Å²) in [6, 6.07) is 12.9. The Bertz CT molecular complexity index is 1180. The number of methoxy groups -OCH3 is 1. The maximum Gasteiger partial charge on any atom is 0.231 e. The molecule has 0 atom stereocenters. The van der Waals surface area contributed by atoms with E-state index in [2.05, 4.69) is 10.3 Å². The zero-order chi connectivity index (χ0) is 19.7. The molecule has 0 aliphatic rings. The average Bonchev–Trinajstić information content (AvgIpc) is 3.10. The van der Waals surface area contributed by atoms with E-state index in [4.69, 9.17) is 25.3 Å². The monoisotopic (exact) mass is 373 g/mol. The van der Waals surface area contributed by atoms with Gasteiger partial charge in [0.25, 0.3) is 0 Å². The normalized spacial score (nSPS) is 10.8. The Kier molecular flexibility index (Phi) is 4.41. The molecule has 0 unspecified atom stereocenters. The van der Waals surface area contributed by atoms with Crippen molar-refractivity contribution in [3.8, 4) is 17.1 Å². The van der Waals surface area contributed by atoms with Crippen molar-refractivity contribution in [1.82, 2.24) is 9.97 Å². The molecular formula is C21H19N5O2. The first-order chi connectivity index (χ1) is 13.6. The van der Waals surface area contributed by atoms with Gasteiger partial charge in [-0.25, -0.2) is 4.98 Å². The SMILES string of the molecule is COc1cccc(-c2nc(Nc3ccc(N)c(C=N)c3)c3c(C)coc3n2)c1. The molecule has 0 amide bonds. The molecule has 2 aromatic carbocycles. The summed E-state index contributed by atoms with van der Waals surface area (Å²) in [5.41, 5.74) is 10.1. The lowest BCUT2D eigenvalue weighted by Gasteiger charge is -2.11. The number of anilines is 3. The van der Waals surface area contributed by atoms with Crippen molar-refractivity contribution >= 4 is 34.5 Å². The Morgan fingerprint density at radius 1 is 1.18 bits per heavy atom. The topological polar surface area (TPSA) is 110 Å². The lowest BCUT2D eigenvalue weighted by Crippen LogP contribution is -2.01. The number of rotatable bonds is 5. The highest BCUT2D eigenvalue weighted by Gasteiger charge is 2.15. The number of aromatic nitrogens is 2. The third-order valence-corrected chi connectivity index (χ3v) is 4.45. The maximum atomic E-state index is 7.50. The van der Waals surface area contributed by atoms with E-state index in [0.717, 1.165) is 28.0 Å². The molecule has 2 heterocycles. The number of nitrogen functional groups attached to an aromatic ring is 1. The van der Waals surface area contributed by atoms with E-state index in [1.807, 2.05) is 37.3 Å². The van der Waals surface area contributed by atoms with E-state index < -0.39 is 0 Å². The van der Waals surface area contributed by atoms with Crippen molar-refractivity contribution in [2.75, 3.05) is 18.2 Å². The van der Waals surface area contributed by atoms with Crippen LogP contribution in [-0.2, 0) is 0 Å². The number of furan rings is 1. The minimum Gasteiger partial charge on any atom is -0.497 e. The Labute approximate surface area is 161 Å². The lowest BCUT2D eigenvalue weighted by atomic mass is 10.1. The van der Waals surface area contributed by atoms with Crippen molar-refractivity contribution in [2.45, 2.75) is 6.92 Å². The number of nitrogens with one attached hydrogen (secondary N) is 2. The van der Waals surface area contributed by atoms with E-state index in [1.54, 1.807) is 25.5 Å². The molecule has 28 heavy (non-hydrogen) atoms. The van der Waals surface area contributed by atoms with Crippen LogP contribution >= 0.6 is 0 Å². The number of fused-ring (bicyclic) bond motifs is 1. The second kappa shape index (κ2) is 7.03. The number of nitrogens with zero attached hydrogens (tertiary/aromatic N) is 2. The molecule has 4 rings (SSSR count). The first-order valence-electron chi connectivity index (χ1n) is 8.66. The molecule has 2 aromatic heterocycles. The molecule has 0 saturated heterocycles. The molecule has 0 aliphatic heterocycles. The zero-order valence-electron chi connectivity index (χ0n) is 15.5. The molecule has 0 aliphatic carbocycles. The molecule has 0 radical (unpaired) electrons. The highest BCUT2D eigenvalue weighted by molar-refractivity contribution is 5.93. The highest BCUT2D eigenvalue weighted by atomic mass is 16.5. The van der Waals surface area contributed by atoms with Crippen LogP contribution in [0.3, 0.4) is 0 Å². The predicted octanol–water partition coefficient (Wildman–Crippen LogP) is 4.53. The molecule has 7 nitrogen and oxygen atoms in total. The van der Waals surface area contributed by atoms with E-state index in [-0.39, 0.29) is 0 Å². The van der Waals surface area contributed by atoms with Gasteiger partial charge in [0.15, 0.2) is 5.82 Å². The van der Waals surface area contributed by atoms with Gasteiger partial charge in [0.1, 0.15) is 11.6 Å². The number of nitrogens with two attached hydrogens (primary N) is 1. The van der Waals surface area contributed by atoms with Gasteiger partial charge >= 0.3 is 0 Å². The summed E-state index contributed by atoms with van der Waals surface area (Å²) in [4.78, 5) is 9.29. The predicted molar refractivity (Wildman–Crippen MR) is 111 cm³/mol. The summed E-state index contributed by atoms with van der Waals surface area (Å²) in [7, 11) is 1.62. The minimum absolute atomic E-state index is 0.496. The highest BCUT2D eigenvalue weighted by Crippen LogP contribution is 2.32. The van der Waals surface area contributed by atoms with E-state index in [0.29, 0.717) is 28.6 Å². The standard InChI is InChI=1S/C21H19N5O2/c1-12-11-28-21-18(12)20(24-15-6-7-17(23)14(8-15)10-22)25-19(26-21)13-4-3-5-16(9-13)27-2/h3-11,22H,23H2,1-2H3,(H,24,25,26). The number of hydrogen-bond acceptors (Lipinski definition) is 7. The van der Waals surface area contributed by atoms with Crippen LogP contribution in [0.5, 0.6) is 5.75 Å². The summed E-state index contributed by atoms with van der Waals surface area (Å²) < 4.78 is 10.9. The molecular weight excluding hydrogens is 354 g/mol. The van der Waals surface area contributed by atoms with Gasteiger partial charge in [-0.05, 0) is 37.3 Å². The van der Waals surface area contributed by atoms with Crippen LogP contribution in [0, 0.1) is 12.3 Å². The Morgan fingerprint density at radius 2 is 2.04 bits per heavy atom. The fourth-order valence-electron chi connectivity index (χ4n) is 2.98.